The molecule has 0 aromatic heterocycles. The smallest absolute Gasteiger partial charge is 0.201 e. The Balaban J connectivity index is 2.22. The molecule has 4 nitrogen and oxygen atoms in total. The highest BCUT2D eigenvalue weighted by Gasteiger charge is 2.09. The average Bonchev–Trinajstić information content (AvgIpc) is 2.53. The zero-order valence-corrected chi connectivity index (χ0v) is 13.7. The first-order chi connectivity index (χ1) is 10.6. The van der Waals surface area contributed by atoms with Gasteiger partial charge in [-0.2, -0.15) is 0 Å². The van der Waals surface area contributed by atoms with E-state index in [1.54, 1.807) is 0 Å². The Kier molecular flexibility index (Phi) is 3.84. The molecule has 0 amide bonds. The molecule has 1 aromatic rings. The van der Waals surface area contributed by atoms with Gasteiger partial charge in [-0.05, 0) is 38.1 Å². The lowest BCUT2D eigenvalue weighted by molar-refractivity contribution is 0.812. The van der Waals surface area contributed by atoms with Gasteiger partial charge in [0.2, 0.25) is 5.36 Å². The first-order valence-electron chi connectivity index (χ1n) is 7.81. The number of aromatic amines is 1. The predicted octanol–water partition coefficient (Wildman–Crippen LogP) is 2.55. The Morgan fingerprint density at radius 2 is 1.82 bits per heavy atom. The first-order valence-corrected chi connectivity index (χ1v) is 7.81. The topological polar surface area (TPSA) is 34.9 Å². The van der Waals surface area contributed by atoms with Crippen LogP contribution in [0.15, 0.2) is 36.4 Å². The van der Waals surface area contributed by atoms with Gasteiger partial charge in [0, 0.05) is 30.9 Å². The van der Waals surface area contributed by atoms with Crippen molar-refractivity contribution in [3.8, 4) is 11.4 Å². The zero-order chi connectivity index (χ0) is 15.7. The molecular formula is C18H23N4+. The normalized spacial score (nSPS) is 11.1. The summed E-state index contributed by atoms with van der Waals surface area (Å²) in [5, 5.41) is 1.17. The average molecular weight is 295 g/mol. The monoisotopic (exact) mass is 295 g/mol. The molecule has 1 heterocycles. The second-order valence-electron chi connectivity index (χ2n) is 5.71. The lowest BCUT2D eigenvalue weighted by atomic mass is 10.1. The molecule has 0 bridgehead atoms. The third-order valence-electron chi connectivity index (χ3n) is 4.12. The minimum atomic E-state index is 0.994. The van der Waals surface area contributed by atoms with Crippen molar-refractivity contribution in [1.82, 2.24) is 14.5 Å². The van der Waals surface area contributed by atoms with Crippen LogP contribution in [0.1, 0.15) is 13.8 Å². The van der Waals surface area contributed by atoms with Crippen molar-refractivity contribution in [1.29, 1.82) is 0 Å². The van der Waals surface area contributed by atoms with E-state index in [1.165, 1.54) is 11.0 Å². The van der Waals surface area contributed by atoms with Gasteiger partial charge in [0.1, 0.15) is 14.1 Å². The Morgan fingerprint density at radius 3 is 2.50 bits per heavy atom. The number of hydrogen-bond donors (Lipinski definition) is 1. The molecule has 0 saturated heterocycles. The summed E-state index contributed by atoms with van der Waals surface area (Å²) in [5.41, 5.74) is 5.37. The van der Waals surface area contributed by atoms with Gasteiger partial charge >= 0.3 is 0 Å². The highest BCUT2D eigenvalue weighted by atomic mass is 15.1. The molecular weight excluding hydrogens is 272 g/mol. The number of rotatable bonds is 3. The summed E-state index contributed by atoms with van der Waals surface area (Å²) < 4.78 is 2.10. The van der Waals surface area contributed by atoms with Crippen molar-refractivity contribution in [3.63, 3.8) is 0 Å². The second-order valence-corrected chi connectivity index (χ2v) is 5.71. The number of H-pyrrole nitrogens is 1. The fourth-order valence-corrected chi connectivity index (χ4v) is 2.78. The fraction of sp³-hybridized carbons (Fsp3) is 0.333. The van der Waals surface area contributed by atoms with Gasteiger partial charge < -0.3 is 9.88 Å². The van der Waals surface area contributed by atoms with Crippen molar-refractivity contribution >= 4 is 16.7 Å². The van der Waals surface area contributed by atoms with Crippen LogP contribution >= 0.6 is 0 Å². The van der Waals surface area contributed by atoms with Crippen LogP contribution < -0.4 is 14.8 Å². The van der Waals surface area contributed by atoms with Crippen molar-refractivity contribution in [2.75, 3.05) is 32.1 Å². The van der Waals surface area contributed by atoms with Crippen LogP contribution in [0.25, 0.3) is 22.4 Å². The Labute approximate surface area is 131 Å². The van der Waals surface area contributed by atoms with Crippen molar-refractivity contribution in [2.24, 2.45) is 0 Å². The van der Waals surface area contributed by atoms with Gasteiger partial charge in [-0.15, -0.1) is 0 Å². The Morgan fingerprint density at radius 1 is 1.05 bits per heavy atom. The molecule has 0 unspecified atom stereocenters. The molecule has 4 heteroatoms. The maximum absolute atomic E-state index is 4.76. The van der Waals surface area contributed by atoms with Crippen LogP contribution in [0.2, 0.25) is 0 Å². The molecule has 0 radical (unpaired) electrons. The number of anilines is 1. The molecule has 3 rings (SSSR count). The summed E-state index contributed by atoms with van der Waals surface area (Å²) in [5.74, 6) is 0. The lowest BCUT2D eigenvalue weighted by Crippen LogP contribution is -2.22. The van der Waals surface area contributed by atoms with E-state index in [1.807, 2.05) is 14.1 Å². The molecule has 0 spiro atoms. The van der Waals surface area contributed by atoms with Crippen molar-refractivity contribution in [2.45, 2.75) is 13.8 Å². The van der Waals surface area contributed by atoms with E-state index in [2.05, 4.69) is 64.7 Å². The van der Waals surface area contributed by atoms with Crippen LogP contribution in [0, 0.1) is 0 Å². The maximum Gasteiger partial charge on any atom is 0.201 e. The Hall–Kier alpha value is -2.36. The number of fused-ring (bicyclic) bond motifs is 2. The maximum atomic E-state index is 4.76. The summed E-state index contributed by atoms with van der Waals surface area (Å²) in [6, 6.07) is 12.7. The molecule has 22 heavy (non-hydrogen) atoms. The van der Waals surface area contributed by atoms with Crippen molar-refractivity contribution < 1.29 is 0 Å². The molecule has 0 fully saturated rings. The van der Waals surface area contributed by atoms with Gasteiger partial charge in [-0.3, -0.25) is 0 Å². The Bertz CT molecular complexity index is 839. The summed E-state index contributed by atoms with van der Waals surface area (Å²) in [6.45, 7) is 6.38. The van der Waals surface area contributed by atoms with Gasteiger partial charge in [-0.1, -0.05) is 0 Å². The van der Waals surface area contributed by atoms with E-state index in [9.17, 15) is 0 Å². The molecule has 0 saturated carbocycles. The van der Waals surface area contributed by atoms with Crippen LogP contribution in [-0.2, 0) is 0 Å². The van der Waals surface area contributed by atoms with Crippen LogP contribution in [0.4, 0.5) is 5.69 Å². The predicted molar refractivity (Wildman–Crippen MR) is 93.4 cm³/mol. The van der Waals surface area contributed by atoms with E-state index in [-0.39, 0.29) is 0 Å². The zero-order valence-electron chi connectivity index (χ0n) is 13.7. The highest BCUT2D eigenvalue weighted by Crippen LogP contribution is 2.24. The molecule has 1 aliphatic carbocycles. The van der Waals surface area contributed by atoms with E-state index < -0.39 is 0 Å². The number of aromatic nitrogens is 2. The summed E-state index contributed by atoms with van der Waals surface area (Å²) in [6.07, 6.45) is 0. The summed E-state index contributed by atoms with van der Waals surface area (Å²) in [4.78, 5) is 10.6. The van der Waals surface area contributed by atoms with Gasteiger partial charge in [-0.25, -0.2) is 9.56 Å². The molecule has 0 atom stereocenters. The third kappa shape index (κ3) is 2.56. The van der Waals surface area contributed by atoms with Gasteiger partial charge in [0.25, 0.3) is 0 Å². The lowest BCUT2D eigenvalue weighted by Gasteiger charge is -2.21. The fourth-order valence-electron chi connectivity index (χ4n) is 2.78. The molecule has 1 aromatic carbocycles. The minimum absolute atomic E-state index is 0.994. The number of benzene rings is 2. The molecule has 1 aliphatic heterocycles. The third-order valence-corrected chi connectivity index (χ3v) is 4.12. The van der Waals surface area contributed by atoms with Crippen molar-refractivity contribution in [3.05, 3.63) is 41.8 Å². The van der Waals surface area contributed by atoms with Gasteiger partial charge in [0.05, 0.1) is 22.4 Å². The second kappa shape index (κ2) is 5.79. The molecule has 2 aliphatic rings. The quantitative estimate of drug-likeness (QED) is 0.595. The standard InChI is InChI=1S/C18H22N4/c1-5-22(6-2)14-8-10-16-18(12-14)20-17-11-13(21(3)4)7-9-15(17)19-16/h7-12H,5-6H2,1-4H3/p+1. The largest absolute Gasteiger partial charge is 0.372 e. The van der Waals surface area contributed by atoms with Crippen LogP contribution in [0.3, 0.4) is 0 Å². The summed E-state index contributed by atoms with van der Waals surface area (Å²) in [7, 11) is 4.10. The minimum Gasteiger partial charge on any atom is -0.372 e. The summed E-state index contributed by atoms with van der Waals surface area (Å²) >= 11 is 0. The van der Waals surface area contributed by atoms with E-state index in [0.717, 1.165) is 35.5 Å². The number of nitrogens with zero attached hydrogens (tertiary/aromatic N) is 3. The highest BCUT2D eigenvalue weighted by molar-refractivity contribution is 5.82. The first kappa shape index (κ1) is 14.6. The number of hydrogen-bond acceptors (Lipinski definition) is 2. The van der Waals surface area contributed by atoms with E-state index in [0.29, 0.717) is 0 Å². The molecule has 1 N–H and O–H groups in total. The van der Waals surface area contributed by atoms with Crippen LogP contribution in [0.5, 0.6) is 0 Å². The van der Waals surface area contributed by atoms with E-state index >= 15 is 0 Å². The molecule has 114 valence electrons. The number of nitrogens with one attached hydrogen (secondary N) is 1. The van der Waals surface area contributed by atoms with Gasteiger partial charge in [0.15, 0.2) is 0 Å². The SMILES string of the molecule is CCN(CC)c1ccc2nc3ccc(=[N+](C)C)cc-3[nH]c2c1. The van der Waals surface area contributed by atoms with Crippen LogP contribution in [-0.4, -0.2) is 37.2 Å². The van der Waals surface area contributed by atoms with E-state index in [4.69, 9.17) is 4.98 Å².